The van der Waals surface area contributed by atoms with Gasteiger partial charge in [-0.3, -0.25) is 14.3 Å². The quantitative estimate of drug-likeness (QED) is 0.375. The van der Waals surface area contributed by atoms with Gasteiger partial charge >= 0.3 is 0 Å². The highest BCUT2D eigenvalue weighted by atomic mass is 32.2. The van der Waals surface area contributed by atoms with E-state index < -0.39 is 15.9 Å². The fourth-order valence-corrected chi connectivity index (χ4v) is 6.52. The van der Waals surface area contributed by atoms with Crippen molar-refractivity contribution in [3.63, 3.8) is 0 Å². The lowest BCUT2D eigenvalue weighted by molar-refractivity contribution is 0.0917. The second kappa shape index (κ2) is 9.10. The largest absolute Gasteiger partial charge is 0.381 e. The second-order valence-corrected chi connectivity index (χ2v) is 11.6. The number of nitrogens with one attached hydrogen (secondary N) is 2. The highest BCUT2D eigenvalue weighted by molar-refractivity contribution is 7.90. The van der Waals surface area contributed by atoms with Crippen molar-refractivity contribution in [2.24, 2.45) is 11.8 Å². The molecule has 1 aliphatic carbocycles. The molecule has 1 saturated carbocycles. The highest BCUT2D eigenvalue weighted by Crippen LogP contribution is 2.44. The van der Waals surface area contributed by atoms with E-state index in [-0.39, 0.29) is 34.8 Å². The van der Waals surface area contributed by atoms with Crippen LogP contribution in [0, 0.1) is 18.8 Å². The Kier molecular flexibility index (Phi) is 5.84. The van der Waals surface area contributed by atoms with Crippen molar-refractivity contribution in [2.75, 3.05) is 20.3 Å². The molecule has 2 aliphatic rings. The predicted molar refractivity (Wildman–Crippen MR) is 139 cm³/mol. The molecule has 2 aromatic heterocycles. The molecule has 2 N–H and O–H groups in total. The molecule has 196 valence electrons. The fourth-order valence-electron chi connectivity index (χ4n) is 5.18. The van der Waals surface area contributed by atoms with Crippen molar-refractivity contribution in [2.45, 2.75) is 24.4 Å². The molecule has 1 aliphatic heterocycles. The number of aromatic nitrogens is 3. The maximum Gasteiger partial charge on any atom is 0.271 e. The van der Waals surface area contributed by atoms with Gasteiger partial charge in [-0.25, -0.2) is 12.4 Å². The van der Waals surface area contributed by atoms with Crippen LogP contribution >= 0.6 is 0 Å². The van der Waals surface area contributed by atoms with Crippen molar-refractivity contribution in [3.05, 3.63) is 83.3 Å². The van der Waals surface area contributed by atoms with Gasteiger partial charge < -0.3 is 15.4 Å². The van der Waals surface area contributed by atoms with E-state index in [1.807, 2.05) is 13.0 Å². The zero-order chi connectivity index (χ0) is 26.6. The fraction of sp³-hybridized carbons (Fsp3) is 0.296. The van der Waals surface area contributed by atoms with E-state index >= 15 is 0 Å². The number of amides is 2. The van der Waals surface area contributed by atoms with Crippen LogP contribution in [0.5, 0.6) is 0 Å². The number of carbonyl (C=O) groups excluding carboxylic acids is 2. The lowest BCUT2D eigenvalue weighted by Gasteiger charge is -2.11. The van der Waals surface area contributed by atoms with Gasteiger partial charge in [0.2, 0.25) is 0 Å². The smallest absolute Gasteiger partial charge is 0.271 e. The van der Waals surface area contributed by atoms with Crippen LogP contribution in [0.1, 0.15) is 32.1 Å². The first kappa shape index (κ1) is 24.4. The number of hydrogen-bond acceptors (Lipinski definition) is 6. The summed E-state index contributed by atoms with van der Waals surface area (Å²) in [7, 11) is -2.30. The zero-order valence-electron chi connectivity index (χ0n) is 20.9. The number of ether oxygens (including phenoxy) is 1. The van der Waals surface area contributed by atoms with Crippen LogP contribution in [0.15, 0.2) is 65.7 Å². The van der Waals surface area contributed by atoms with Gasteiger partial charge in [0.25, 0.3) is 21.8 Å². The molecule has 3 heterocycles. The lowest BCUT2D eigenvalue weighted by Crippen LogP contribution is -2.31. The number of hydrogen-bond donors (Lipinski definition) is 2. The third-order valence-electron chi connectivity index (χ3n) is 7.41. The Bertz CT molecular complexity index is 1660. The maximum atomic E-state index is 13.4. The van der Waals surface area contributed by atoms with Crippen molar-refractivity contribution < 1.29 is 22.7 Å². The van der Waals surface area contributed by atoms with E-state index in [9.17, 15) is 18.0 Å². The molecule has 38 heavy (non-hydrogen) atoms. The summed E-state index contributed by atoms with van der Waals surface area (Å²) < 4.78 is 34.9. The van der Waals surface area contributed by atoms with Crippen LogP contribution in [-0.2, 0) is 21.3 Å². The van der Waals surface area contributed by atoms with Gasteiger partial charge in [-0.05, 0) is 36.8 Å². The lowest BCUT2D eigenvalue weighted by atomic mass is 10.1. The molecule has 2 aromatic carbocycles. The van der Waals surface area contributed by atoms with Gasteiger partial charge in [0.15, 0.2) is 5.69 Å². The average molecular weight is 534 g/mol. The second-order valence-electron chi connectivity index (χ2n) is 9.80. The Labute approximate surface area is 219 Å². The van der Waals surface area contributed by atoms with Crippen LogP contribution in [0.4, 0.5) is 0 Å². The van der Waals surface area contributed by atoms with Gasteiger partial charge in [0.1, 0.15) is 5.69 Å². The third-order valence-corrected chi connectivity index (χ3v) is 9.11. The van der Waals surface area contributed by atoms with E-state index in [4.69, 9.17) is 4.74 Å². The number of carbonyl (C=O) groups is 2. The molecule has 4 aromatic rings. The standard InChI is InChI=1S/C27H27N5O5S/c1-16-6-8-18(9-7-16)38(35,36)32-11-10-19-17(4-3-5-23(19)32)13-31-24(12-22(30-31)26(33)28-2)27(34)29-25-20-14-37-15-21(20)25/h3-12,20-21,25H,13-15H2,1-2H3,(H,28,33)(H,29,34)/t20-,21+,25+. The molecule has 2 fully saturated rings. The van der Waals surface area contributed by atoms with Crippen molar-refractivity contribution in [3.8, 4) is 0 Å². The number of rotatable bonds is 7. The first-order chi connectivity index (χ1) is 18.3. The van der Waals surface area contributed by atoms with Crippen molar-refractivity contribution in [1.29, 1.82) is 0 Å². The predicted octanol–water partition coefficient (Wildman–Crippen LogP) is 2.17. The highest BCUT2D eigenvalue weighted by Gasteiger charge is 2.55. The van der Waals surface area contributed by atoms with Gasteiger partial charge in [-0.2, -0.15) is 5.10 Å². The Morgan fingerprint density at radius 1 is 1.05 bits per heavy atom. The molecule has 0 bridgehead atoms. The summed E-state index contributed by atoms with van der Waals surface area (Å²) in [5.41, 5.74) is 2.63. The summed E-state index contributed by atoms with van der Waals surface area (Å²) in [5, 5.41) is 10.7. The SMILES string of the molecule is CNC(=O)c1cc(C(=O)N[C@H]2[C@@H]3COC[C@@H]32)n(Cc2cccc3c2ccn3S(=O)(=O)c2ccc(C)cc2)n1. The van der Waals surface area contributed by atoms with E-state index in [0.29, 0.717) is 36.0 Å². The van der Waals surface area contributed by atoms with Crippen molar-refractivity contribution in [1.82, 2.24) is 24.4 Å². The maximum absolute atomic E-state index is 13.4. The number of nitrogens with zero attached hydrogens (tertiary/aromatic N) is 3. The normalized spacial score (nSPS) is 20.3. The summed E-state index contributed by atoms with van der Waals surface area (Å²) >= 11 is 0. The van der Waals surface area contributed by atoms with Crippen LogP contribution in [0.3, 0.4) is 0 Å². The summed E-state index contributed by atoms with van der Waals surface area (Å²) in [6.07, 6.45) is 1.53. The summed E-state index contributed by atoms with van der Waals surface area (Å²) in [6.45, 7) is 3.36. The molecule has 3 atom stereocenters. The topological polar surface area (TPSA) is 124 Å². The van der Waals surface area contributed by atoms with E-state index in [1.165, 1.54) is 28.0 Å². The Morgan fingerprint density at radius 2 is 1.79 bits per heavy atom. The molecule has 0 spiro atoms. The summed E-state index contributed by atoms with van der Waals surface area (Å²) in [4.78, 5) is 25.7. The Balaban J connectivity index is 1.34. The van der Waals surface area contributed by atoms with E-state index in [1.54, 1.807) is 42.5 Å². The minimum absolute atomic E-state index is 0.0625. The van der Waals surface area contributed by atoms with Crippen LogP contribution < -0.4 is 10.6 Å². The Morgan fingerprint density at radius 3 is 2.50 bits per heavy atom. The molecule has 11 heteroatoms. The first-order valence-corrected chi connectivity index (χ1v) is 13.8. The molecular formula is C27H27N5O5S. The number of benzene rings is 2. The molecule has 10 nitrogen and oxygen atoms in total. The molecule has 1 saturated heterocycles. The average Bonchev–Trinajstić information content (AvgIpc) is 3.39. The van der Waals surface area contributed by atoms with Gasteiger partial charge in [-0.1, -0.05) is 29.8 Å². The first-order valence-electron chi connectivity index (χ1n) is 12.4. The molecule has 6 rings (SSSR count). The minimum atomic E-state index is -3.81. The van der Waals surface area contributed by atoms with Gasteiger partial charge in [0, 0.05) is 42.6 Å². The minimum Gasteiger partial charge on any atom is -0.381 e. The van der Waals surface area contributed by atoms with Crippen LogP contribution in [0.2, 0.25) is 0 Å². The molecule has 0 unspecified atom stereocenters. The van der Waals surface area contributed by atoms with E-state index in [2.05, 4.69) is 15.7 Å². The molecular weight excluding hydrogens is 506 g/mol. The molecule has 0 radical (unpaired) electrons. The third kappa shape index (κ3) is 4.07. The molecule has 2 amide bonds. The zero-order valence-corrected chi connectivity index (χ0v) is 21.7. The monoisotopic (exact) mass is 533 g/mol. The number of fused-ring (bicyclic) bond motifs is 2. The van der Waals surface area contributed by atoms with Gasteiger partial charge in [-0.15, -0.1) is 0 Å². The van der Waals surface area contributed by atoms with Crippen LogP contribution in [-0.4, -0.2) is 60.3 Å². The Hall–Kier alpha value is -3.96. The van der Waals surface area contributed by atoms with Crippen LogP contribution in [0.25, 0.3) is 10.9 Å². The van der Waals surface area contributed by atoms with Crippen molar-refractivity contribution >= 4 is 32.7 Å². The number of aryl methyl sites for hydroxylation is 1. The summed E-state index contributed by atoms with van der Waals surface area (Å²) in [6, 6.07) is 15.4. The summed E-state index contributed by atoms with van der Waals surface area (Å²) in [5.74, 6) is -0.0442. The van der Waals surface area contributed by atoms with Gasteiger partial charge in [0.05, 0.1) is 30.2 Å². The van der Waals surface area contributed by atoms with E-state index in [0.717, 1.165) is 11.1 Å².